The van der Waals surface area contributed by atoms with Crippen molar-refractivity contribution in [3.63, 3.8) is 0 Å². The number of carbonyl (C=O) groups excluding carboxylic acids is 1. The maximum atomic E-state index is 12.1. The van der Waals surface area contributed by atoms with Gasteiger partial charge in [0.1, 0.15) is 5.02 Å². The number of hydrogen-bond donors (Lipinski definition) is 1. The number of aryl methyl sites for hydroxylation is 2. The molecule has 2 rings (SSSR count). The van der Waals surface area contributed by atoms with E-state index in [0.29, 0.717) is 17.3 Å². The quantitative estimate of drug-likeness (QED) is 0.352. The molecule has 0 unspecified atom stereocenters. The predicted octanol–water partition coefficient (Wildman–Crippen LogP) is 3.95. The van der Waals surface area contributed by atoms with E-state index in [1.807, 2.05) is 20.1 Å². The summed E-state index contributed by atoms with van der Waals surface area (Å²) in [5.74, 6) is -0.246. The number of nitrogens with one attached hydrogen (secondary N) is 1. The molecule has 132 valence electrons. The number of nitro benzene ring substituents is 1. The summed E-state index contributed by atoms with van der Waals surface area (Å²) in [5, 5.41) is 14.3. The van der Waals surface area contributed by atoms with E-state index in [1.54, 1.807) is 0 Å². The van der Waals surface area contributed by atoms with E-state index in [1.165, 1.54) is 30.0 Å². The molecule has 7 nitrogen and oxygen atoms in total. The van der Waals surface area contributed by atoms with Gasteiger partial charge in [-0.1, -0.05) is 23.4 Å². The third kappa shape index (κ3) is 4.90. The smallest absolute Gasteiger partial charge is 0.289 e. The molecule has 0 atom stereocenters. The number of aromatic nitrogens is 2. The van der Waals surface area contributed by atoms with Crippen molar-refractivity contribution in [2.75, 3.05) is 11.6 Å². The van der Waals surface area contributed by atoms with Gasteiger partial charge in [0.05, 0.1) is 4.92 Å². The van der Waals surface area contributed by atoms with Crippen LogP contribution in [0.3, 0.4) is 0 Å². The third-order valence-corrected chi connectivity index (χ3v) is 4.48. The first-order valence-electron chi connectivity index (χ1n) is 7.43. The van der Waals surface area contributed by atoms with Crippen molar-refractivity contribution in [2.24, 2.45) is 0 Å². The number of nitrogens with zero attached hydrogens (tertiary/aromatic N) is 3. The average Bonchev–Trinajstić information content (AvgIpc) is 2.55. The summed E-state index contributed by atoms with van der Waals surface area (Å²) in [7, 11) is 0. The number of hydrogen-bond acceptors (Lipinski definition) is 6. The minimum absolute atomic E-state index is 0.0280. The monoisotopic (exact) mass is 380 g/mol. The Morgan fingerprint density at radius 1 is 1.32 bits per heavy atom. The number of anilines is 1. The molecule has 0 aliphatic heterocycles. The molecule has 25 heavy (non-hydrogen) atoms. The van der Waals surface area contributed by atoms with E-state index in [0.717, 1.165) is 17.0 Å². The van der Waals surface area contributed by atoms with Crippen LogP contribution in [0.2, 0.25) is 5.02 Å². The van der Waals surface area contributed by atoms with Gasteiger partial charge in [-0.3, -0.25) is 14.9 Å². The van der Waals surface area contributed by atoms with Crippen molar-refractivity contribution in [1.82, 2.24) is 9.97 Å². The topological polar surface area (TPSA) is 98.0 Å². The molecule has 1 N–H and O–H groups in total. The van der Waals surface area contributed by atoms with Gasteiger partial charge >= 0.3 is 0 Å². The largest absolute Gasteiger partial charge is 0.326 e. The van der Waals surface area contributed by atoms with Gasteiger partial charge in [0.15, 0.2) is 5.16 Å². The van der Waals surface area contributed by atoms with Crippen molar-refractivity contribution >= 4 is 40.6 Å². The second-order valence-corrected chi connectivity index (χ2v) is 6.51. The number of benzene rings is 1. The minimum Gasteiger partial charge on any atom is -0.326 e. The van der Waals surface area contributed by atoms with Crippen molar-refractivity contribution in [2.45, 2.75) is 31.8 Å². The fraction of sp³-hybridized carbons (Fsp3) is 0.312. The first kappa shape index (κ1) is 19.1. The molecule has 0 spiro atoms. The van der Waals surface area contributed by atoms with Crippen molar-refractivity contribution in [3.8, 4) is 0 Å². The van der Waals surface area contributed by atoms with Crippen LogP contribution in [0, 0.1) is 24.0 Å². The second-order valence-electron chi connectivity index (χ2n) is 5.33. The van der Waals surface area contributed by atoms with Gasteiger partial charge < -0.3 is 5.32 Å². The SMILES string of the molecule is CSc1nc(C)c(CCC(=O)Nc2ccc(Cl)c([N+](=O)[O-])c2)c(C)n1. The fourth-order valence-corrected chi connectivity index (χ4v) is 3.00. The van der Waals surface area contributed by atoms with E-state index in [-0.39, 0.29) is 23.0 Å². The lowest BCUT2D eigenvalue weighted by atomic mass is 10.1. The number of thioether (sulfide) groups is 1. The Balaban J connectivity index is 2.04. The highest BCUT2D eigenvalue weighted by atomic mass is 35.5. The molecular formula is C16H17ClN4O3S. The summed E-state index contributed by atoms with van der Waals surface area (Å²) >= 11 is 7.23. The molecule has 0 saturated carbocycles. The normalized spacial score (nSPS) is 10.6. The predicted molar refractivity (Wildman–Crippen MR) is 98.3 cm³/mol. The Hall–Kier alpha value is -2.19. The van der Waals surface area contributed by atoms with Gasteiger partial charge in [-0.05, 0) is 44.2 Å². The number of rotatable bonds is 6. The van der Waals surface area contributed by atoms with Crippen LogP contribution in [-0.2, 0) is 11.2 Å². The average molecular weight is 381 g/mol. The Morgan fingerprint density at radius 2 is 1.96 bits per heavy atom. The Kier molecular flexibility index (Phi) is 6.33. The van der Waals surface area contributed by atoms with Gasteiger partial charge in [0, 0.05) is 29.6 Å². The maximum absolute atomic E-state index is 12.1. The fourth-order valence-electron chi connectivity index (χ4n) is 2.35. The Labute approximate surface area is 154 Å². The van der Waals surface area contributed by atoms with E-state index in [4.69, 9.17) is 11.6 Å². The van der Waals surface area contributed by atoms with Crippen LogP contribution in [-0.4, -0.2) is 27.1 Å². The molecule has 1 amide bonds. The number of nitro groups is 1. The Bertz CT molecular complexity index is 806. The highest BCUT2D eigenvalue weighted by molar-refractivity contribution is 7.98. The van der Waals surface area contributed by atoms with E-state index in [9.17, 15) is 14.9 Å². The van der Waals surface area contributed by atoms with Gasteiger partial charge in [-0.2, -0.15) is 0 Å². The summed E-state index contributed by atoms with van der Waals surface area (Å²) in [5.41, 5.74) is 2.74. The molecule has 0 fully saturated rings. The standard InChI is InChI=1S/C16H17ClN4O3S/c1-9-12(10(2)19-16(18-9)25-3)5-7-15(22)20-11-4-6-13(17)14(8-11)21(23)24/h4,6,8H,5,7H2,1-3H3,(H,20,22). The zero-order valence-corrected chi connectivity index (χ0v) is 15.6. The third-order valence-electron chi connectivity index (χ3n) is 3.61. The molecule has 1 aromatic carbocycles. The highest BCUT2D eigenvalue weighted by Gasteiger charge is 2.15. The molecule has 9 heteroatoms. The summed E-state index contributed by atoms with van der Waals surface area (Å²) in [4.78, 5) is 31.2. The zero-order valence-electron chi connectivity index (χ0n) is 14.0. The minimum atomic E-state index is -0.588. The van der Waals surface area contributed by atoms with Gasteiger partial charge in [0.25, 0.3) is 5.69 Å². The molecule has 1 heterocycles. The van der Waals surface area contributed by atoms with Crippen LogP contribution in [0.4, 0.5) is 11.4 Å². The van der Waals surface area contributed by atoms with Crippen LogP contribution < -0.4 is 5.32 Å². The van der Waals surface area contributed by atoms with Crippen molar-refractivity contribution in [3.05, 3.63) is 50.3 Å². The van der Waals surface area contributed by atoms with Gasteiger partial charge in [0.2, 0.25) is 5.91 Å². The molecule has 0 aliphatic carbocycles. The molecule has 0 saturated heterocycles. The molecule has 0 bridgehead atoms. The number of carbonyl (C=O) groups is 1. The molecule has 2 aromatic rings. The molecule has 0 aliphatic rings. The van der Waals surface area contributed by atoms with Gasteiger partial charge in [-0.15, -0.1) is 0 Å². The Morgan fingerprint density at radius 3 is 2.52 bits per heavy atom. The lowest BCUT2D eigenvalue weighted by Crippen LogP contribution is -2.14. The molecular weight excluding hydrogens is 364 g/mol. The second kappa shape index (κ2) is 8.26. The molecule has 0 radical (unpaired) electrons. The lowest BCUT2D eigenvalue weighted by Gasteiger charge is -2.10. The summed E-state index contributed by atoms with van der Waals surface area (Å²) in [6.45, 7) is 3.79. The number of amides is 1. The zero-order chi connectivity index (χ0) is 18.6. The summed E-state index contributed by atoms with van der Waals surface area (Å²) < 4.78 is 0. The summed E-state index contributed by atoms with van der Waals surface area (Å²) in [6, 6.07) is 4.16. The first-order chi connectivity index (χ1) is 11.8. The van der Waals surface area contributed by atoms with E-state index in [2.05, 4.69) is 15.3 Å². The lowest BCUT2D eigenvalue weighted by molar-refractivity contribution is -0.384. The van der Waals surface area contributed by atoms with Crippen LogP contribution in [0.25, 0.3) is 0 Å². The van der Waals surface area contributed by atoms with Crippen LogP contribution in [0.1, 0.15) is 23.4 Å². The van der Waals surface area contributed by atoms with Crippen LogP contribution in [0.5, 0.6) is 0 Å². The van der Waals surface area contributed by atoms with E-state index < -0.39 is 4.92 Å². The van der Waals surface area contributed by atoms with Crippen LogP contribution >= 0.6 is 23.4 Å². The van der Waals surface area contributed by atoms with Crippen molar-refractivity contribution < 1.29 is 9.72 Å². The van der Waals surface area contributed by atoms with Crippen molar-refractivity contribution in [1.29, 1.82) is 0 Å². The maximum Gasteiger partial charge on any atom is 0.289 e. The molecule has 1 aromatic heterocycles. The van der Waals surface area contributed by atoms with E-state index >= 15 is 0 Å². The first-order valence-corrected chi connectivity index (χ1v) is 9.04. The number of halogens is 1. The summed E-state index contributed by atoms with van der Waals surface area (Å²) in [6.07, 6.45) is 2.63. The highest BCUT2D eigenvalue weighted by Crippen LogP contribution is 2.27. The van der Waals surface area contributed by atoms with Gasteiger partial charge in [-0.25, -0.2) is 9.97 Å². The van der Waals surface area contributed by atoms with Crippen LogP contribution in [0.15, 0.2) is 23.4 Å².